The third-order valence-electron chi connectivity index (χ3n) is 6.11. The summed E-state index contributed by atoms with van der Waals surface area (Å²) < 4.78 is 25.5. The van der Waals surface area contributed by atoms with Crippen molar-refractivity contribution in [1.29, 1.82) is 0 Å². The summed E-state index contributed by atoms with van der Waals surface area (Å²) in [4.78, 5) is 28.8. The van der Waals surface area contributed by atoms with Crippen LogP contribution in [0, 0.1) is 5.82 Å². The number of benzene rings is 2. The van der Waals surface area contributed by atoms with E-state index < -0.39 is 5.54 Å². The maximum atomic E-state index is 13.8. The van der Waals surface area contributed by atoms with E-state index >= 15 is 0 Å². The van der Waals surface area contributed by atoms with Gasteiger partial charge in [0.2, 0.25) is 5.91 Å². The van der Waals surface area contributed by atoms with E-state index in [2.05, 4.69) is 10.4 Å². The van der Waals surface area contributed by atoms with E-state index in [9.17, 15) is 14.0 Å². The van der Waals surface area contributed by atoms with Gasteiger partial charge in [-0.05, 0) is 61.0 Å². The molecule has 0 aliphatic carbocycles. The molecule has 9 heteroatoms. The molecule has 2 aromatic heterocycles. The summed E-state index contributed by atoms with van der Waals surface area (Å²) in [6.07, 6.45) is 1.53. The standard InChI is InChI=1S/C26H23FN4O4/c1-26(25(33)28-15-17-5-7-18(27)8-6-17)16-30-22(14-21(29-30)23-4-3-13-35-23)24(32)31(26)19-9-11-20(34-2)12-10-19/h3-14H,15-16H2,1-2H3,(H,28,33)/t26-/m1/s1. The summed E-state index contributed by atoms with van der Waals surface area (Å²) in [6.45, 7) is 2.01. The van der Waals surface area contributed by atoms with Crippen LogP contribution in [0.4, 0.5) is 10.1 Å². The Hall–Kier alpha value is -4.40. The van der Waals surface area contributed by atoms with Crippen molar-refractivity contribution >= 4 is 17.5 Å². The second-order valence-corrected chi connectivity index (χ2v) is 8.47. The van der Waals surface area contributed by atoms with Gasteiger partial charge in [0.15, 0.2) is 5.76 Å². The van der Waals surface area contributed by atoms with Crippen LogP contribution in [-0.2, 0) is 17.9 Å². The highest BCUT2D eigenvalue weighted by Crippen LogP contribution is 2.35. The van der Waals surface area contributed by atoms with Crippen LogP contribution in [0.15, 0.2) is 77.4 Å². The van der Waals surface area contributed by atoms with Crippen molar-refractivity contribution in [1.82, 2.24) is 15.1 Å². The molecule has 0 saturated heterocycles. The fourth-order valence-corrected chi connectivity index (χ4v) is 4.24. The summed E-state index contributed by atoms with van der Waals surface area (Å²) in [7, 11) is 1.56. The number of nitrogens with one attached hydrogen (secondary N) is 1. The lowest BCUT2D eigenvalue weighted by Crippen LogP contribution is -2.64. The molecule has 178 valence electrons. The molecule has 4 aromatic rings. The van der Waals surface area contributed by atoms with Crippen molar-refractivity contribution in [3.63, 3.8) is 0 Å². The van der Waals surface area contributed by atoms with Crippen LogP contribution in [0.25, 0.3) is 11.5 Å². The predicted octanol–water partition coefficient (Wildman–Crippen LogP) is 4.03. The van der Waals surface area contributed by atoms with Crippen molar-refractivity contribution in [2.75, 3.05) is 12.0 Å². The second-order valence-electron chi connectivity index (χ2n) is 8.47. The Bertz CT molecular complexity index is 1360. The highest BCUT2D eigenvalue weighted by molar-refractivity contribution is 6.12. The lowest BCUT2D eigenvalue weighted by molar-refractivity contribution is -0.126. The number of ether oxygens (including phenoxy) is 1. The van der Waals surface area contributed by atoms with Crippen LogP contribution in [0.3, 0.4) is 0 Å². The van der Waals surface area contributed by atoms with E-state index in [0.29, 0.717) is 28.6 Å². The number of hydrogen-bond donors (Lipinski definition) is 1. The Morgan fingerprint density at radius 3 is 2.57 bits per heavy atom. The van der Waals surface area contributed by atoms with Gasteiger partial charge in [-0.3, -0.25) is 19.2 Å². The molecule has 1 aliphatic rings. The Kier molecular flexibility index (Phi) is 5.60. The third kappa shape index (κ3) is 4.05. The van der Waals surface area contributed by atoms with Gasteiger partial charge in [-0.15, -0.1) is 0 Å². The topological polar surface area (TPSA) is 89.6 Å². The van der Waals surface area contributed by atoms with E-state index in [-0.39, 0.29) is 30.7 Å². The number of nitrogens with zero attached hydrogens (tertiary/aromatic N) is 3. The zero-order valence-electron chi connectivity index (χ0n) is 19.2. The average molecular weight is 474 g/mol. The molecule has 0 bridgehead atoms. The number of furan rings is 1. The molecule has 1 atom stereocenters. The first-order valence-electron chi connectivity index (χ1n) is 11.0. The molecule has 0 radical (unpaired) electrons. The molecule has 0 unspecified atom stereocenters. The summed E-state index contributed by atoms with van der Waals surface area (Å²) in [5.74, 6) is 0.0657. The van der Waals surface area contributed by atoms with Crippen molar-refractivity contribution in [3.8, 4) is 17.2 Å². The summed E-state index contributed by atoms with van der Waals surface area (Å²) >= 11 is 0. The van der Waals surface area contributed by atoms with Gasteiger partial charge in [0.1, 0.15) is 28.5 Å². The number of hydrogen-bond acceptors (Lipinski definition) is 5. The number of halogens is 1. The first kappa shape index (κ1) is 22.4. The number of fused-ring (bicyclic) bond motifs is 1. The molecule has 1 aliphatic heterocycles. The van der Waals surface area contributed by atoms with Gasteiger partial charge < -0.3 is 14.5 Å². The highest BCUT2D eigenvalue weighted by Gasteiger charge is 2.49. The molecule has 0 fully saturated rings. The lowest BCUT2D eigenvalue weighted by atomic mass is 9.93. The van der Waals surface area contributed by atoms with Crippen LogP contribution in [0.2, 0.25) is 0 Å². The van der Waals surface area contributed by atoms with Crippen molar-refractivity contribution < 1.29 is 23.1 Å². The number of rotatable bonds is 6. The van der Waals surface area contributed by atoms with Crippen LogP contribution in [0.5, 0.6) is 5.75 Å². The zero-order valence-corrected chi connectivity index (χ0v) is 19.2. The Morgan fingerprint density at radius 2 is 1.91 bits per heavy atom. The molecule has 0 spiro atoms. The third-order valence-corrected chi connectivity index (χ3v) is 6.11. The molecule has 1 N–H and O–H groups in total. The SMILES string of the molecule is COc1ccc(N2C(=O)c3cc(-c4ccco4)nn3C[C@]2(C)C(=O)NCc2ccc(F)cc2)cc1. The molecular weight excluding hydrogens is 451 g/mol. The molecule has 2 aromatic carbocycles. The fraction of sp³-hybridized carbons (Fsp3) is 0.192. The number of carbonyl (C=O) groups is 2. The minimum absolute atomic E-state index is 0.121. The fourth-order valence-electron chi connectivity index (χ4n) is 4.24. The normalized spacial score (nSPS) is 17.2. The van der Waals surface area contributed by atoms with E-state index in [4.69, 9.17) is 9.15 Å². The van der Waals surface area contributed by atoms with E-state index in [1.54, 1.807) is 68.6 Å². The molecule has 8 nitrogen and oxygen atoms in total. The number of anilines is 1. The van der Waals surface area contributed by atoms with Crippen molar-refractivity contribution in [2.45, 2.75) is 25.6 Å². The van der Waals surface area contributed by atoms with Gasteiger partial charge in [0, 0.05) is 18.3 Å². The predicted molar refractivity (Wildman–Crippen MR) is 126 cm³/mol. The smallest absolute Gasteiger partial charge is 0.277 e. The molecule has 2 amide bonds. The minimum atomic E-state index is -1.30. The Labute approximate surface area is 200 Å². The number of methoxy groups -OCH3 is 1. The Balaban J connectivity index is 1.52. The van der Waals surface area contributed by atoms with Crippen LogP contribution in [-0.4, -0.2) is 34.2 Å². The molecule has 3 heterocycles. The van der Waals surface area contributed by atoms with Gasteiger partial charge >= 0.3 is 0 Å². The summed E-state index contributed by atoms with van der Waals surface area (Å²) in [6, 6.07) is 18.0. The van der Waals surface area contributed by atoms with Crippen molar-refractivity contribution in [3.05, 3.63) is 90.1 Å². The van der Waals surface area contributed by atoms with Gasteiger partial charge in [-0.25, -0.2) is 4.39 Å². The number of carbonyl (C=O) groups excluding carboxylic acids is 2. The van der Waals surface area contributed by atoms with Crippen molar-refractivity contribution in [2.24, 2.45) is 0 Å². The summed E-state index contributed by atoms with van der Waals surface area (Å²) in [5, 5.41) is 7.44. The monoisotopic (exact) mass is 474 g/mol. The molecular formula is C26H23FN4O4. The largest absolute Gasteiger partial charge is 0.497 e. The Morgan fingerprint density at radius 1 is 1.17 bits per heavy atom. The second kappa shape index (κ2) is 8.75. The maximum absolute atomic E-state index is 13.8. The lowest BCUT2D eigenvalue weighted by Gasteiger charge is -2.43. The number of aromatic nitrogens is 2. The van der Waals surface area contributed by atoms with E-state index in [1.807, 2.05) is 0 Å². The first-order valence-corrected chi connectivity index (χ1v) is 11.0. The zero-order chi connectivity index (χ0) is 24.6. The van der Waals surface area contributed by atoms with E-state index in [1.165, 1.54) is 28.0 Å². The van der Waals surface area contributed by atoms with Gasteiger partial charge in [0.05, 0.1) is 19.9 Å². The molecule has 0 saturated carbocycles. The maximum Gasteiger partial charge on any atom is 0.277 e. The van der Waals surface area contributed by atoms with Gasteiger partial charge in [-0.2, -0.15) is 5.10 Å². The van der Waals surface area contributed by atoms with E-state index in [0.717, 1.165) is 5.56 Å². The molecule has 5 rings (SSSR count). The minimum Gasteiger partial charge on any atom is -0.497 e. The average Bonchev–Trinajstić information content (AvgIpc) is 3.54. The van der Waals surface area contributed by atoms with Crippen LogP contribution in [0.1, 0.15) is 23.0 Å². The highest BCUT2D eigenvalue weighted by atomic mass is 19.1. The first-order chi connectivity index (χ1) is 16.9. The number of amides is 2. The van der Waals surface area contributed by atoms with Gasteiger partial charge in [-0.1, -0.05) is 12.1 Å². The quantitative estimate of drug-likeness (QED) is 0.456. The van der Waals surface area contributed by atoms with Crippen LogP contribution >= 0.6 is 0 Å². The van der Waals surface area contributed by atoms with Gasteiger partial charge in [0.25, 0.3) is 5.91 Å². The summed E-state index contributed by atoms with van der Waals surface area (Å²) in [5.41, 5.74) is 0.828. The molecule has 35 heavy (non-hydrogen) atoms. The van der Waals surface area contributed by atoms with Crippen LogP contribution < -0.4 is 15.0 Å².